The van der Waals surface area contributed by atoms with Gasteiger partial charge in [-0.3, -0.25) is 4.98 Å². The number of hydrogen-bond acceptors (Lipinski definition) is 4. The van der Waals surface area contributed by atoms with Crippen molar-refractivity contribution in [3.63, 3.8) is 0 Å². The van der Waals surface area contributed by atoms with Crippen molar-refractivity contribution in [1.82, 2.24) is 9.97 Å². The normalized spacial score (nSPS) is 14.9. The van der Waals surface area contributed by atoms with Crippen molar-refractivity contribution in [3.05, 3.63) is 94.3 Å². The molecule has 5 rings (SSSR count). The Bertz CT molecular complexity index is 1540. The van der Waals surface area contributed by atoms with Crippen molar-refractivity contribution in [2.75, 3.05) is 38.0 Å². The summed E-state index contributed by atoms with van der Waals surface area (Å²) in [6, 6.07) is 12.2. The Morgan fingerprint density at radius 1 is 0.600 bits per heavy atom. The van der Waals surface area contributed by atoms with Gasteiger partial charge in [-0.2, -0.15) is 0 Å². The second kappa shape index (κ2) is 9.32. The summed E-state index contributed by atoms with van der Waals surface area (Å²) in [4.78, 5) is 13.1. The van der Waals surface area contributed by atoms with E-state index in [0.29, 0.717) is 17.0 Å². The maximum Gasteiger partial charge on any atom is 0.152 e. The summed E-state index contributed by atoms with van der Waals surface area (Å²) >= 11 is 0. The lowest BCUT2D eigenvalue weighted by atomic mass is 9.78. The van der Waals surface area contributed by atoms with Crippen LogP contribution in [-0.4, -0.2) is 38.2 Å². The summed E-state index contributed by atoms with van der Waals surface area (Å²) in [6.45, 7) is 7.15. The molecule has 0 saturated heterocycles. The van der Waals surface area contributed by atoms with Gasteiger partial charge in [0.25, 0.3) is 0 Å². The molecule has 3 heterocycles. The van der Waals surface area contributed by atoms with Crippen molar-refractivity contribution < 1.29 is 17.6 Å². The molecule has 0 atom stereocenters. The van der Waals surface area contributed by atoms with E-state index in [1.807, 2.05) is 70.0 Å². The van der Waals surface area contributed by atoms with Crippen LogP contribution in [0, 0.1) is 23.3 Å². The van der Waals surface area contributed by atoms with Crippen LogP contribution in [0.25, 0.3) is 22.5 Å². The molecule has 2 aromatic heterocycles. The number of aromatic nitrogens is 2. The first kappa shape index (κ1) is 27.6. The Kier molecular flexibility index (Phi) is 6.44. The molecule has 4 aromatic rings. The van der Waals surface area contributed by atoms with Crippen LogP contribution in [0.1, 0.15) is 50.2 Å². The predicted molar refractivity (Wildman–Crippen MR) is 152 cm³/mol. The topological polar surface area (TPSA) is 32.3 Å². The molecule has 0 N–H and O–H groups in total. The maximum absolute atomic E-state index is 15.4. The van der Waals surface area contributed by atoms with Gasteiger partial charge in [-0.15, -0.1) is 0 Å². The molecule has 1 aliphatic heterocycles. The van der Waals surface area contributed by atoms with Crippen molar-refractivity contribution >= 4 is 11.4 Å². The average molecular weight is 549 g/mol. The molecule has 208 valence electrons. The second-order valence-electron chi connectivity index (χ2n) is 11.9. The summed E-state index contributed by atoms with van der Waals surface area (Å²) < 4.78 is 61.7. The van der Waals surface area contributed by atoms with Gasteiger partial charge in [-0.1, -0.05) is 13.8 Å². The average Bonchev–Trinajstić information content (AvgIpc) is 2.87. The number of nitrogens with zero attached hydrogens (tertiary/aromatic N) is 4. The van der Waals surface area contributed by atoms with Crippen molar-refractivity contribution in [2.24, 2.45) is 0 Å². The maximum atomic E-state index is 15.4. The highest BCUT2D eigenvalue weighted by Crippen LogP contribution is 2.42. The Morgan fingerprint density at radius 2 is 1.23 bits per heavy atom. The molecule has 8 bridgehead atoms. The highest BCUT2D eigenvalue weighted by Gasteiger charge is 2.35. The largest absolute Gasteiger partial charge is 0.378 e. The smallest absolute Gasteiger partial charge is 0.152 e. The molecule has 40 heavy (non-hydrogen) atoms. The minimum atomic E-state index is -1.38. The molecule has 0 saturated carbocycles. The van der Waals surface area contributed by atoms with Crippen LogP contribution in [0.2, 0.25) is 0 Å². The molecule has 0 spiro atoms. The molecule has 0 aliphatic carbocycles. The first-order valence-corrected chi connectivity index (χ1v) is 13.0. The zero-order chi connectivity index (χ0) is 29.3. The summed E-state index contributed by atoms with van der Waals surface area (Å²) in [6.07, 6.45) is 0. The molecule has 0 radical (unpaired) electrons. The predicted octanol–water partition coefficient (Wildman–Crippen LogP) is 7.46. The number of rotatable bonds is 2. The lowest BCUT2D eigenvalue weighted by Crippen LogP contribution is -2.26. The SMILES string of the molecule is CN(C)c1cc2cc(c1)C(C)(C)c1cc(N(C)C)cc(n1)-c1cc(c(F)cc1F)C(C)(C)c1nc-2c(F)cc1F. The third-order valence-corrected chi connectivity index (χ3v) is 7.92. The van der Waals surface area contributed by atoms with Crippen molar-refractivity contribution in [3.8, 4) is 22.5 Å². The first-order chi connectivity index (χ1) is 18.6. The van der Waals surface area contributed by atoms with E-state index in [9.17, 15) is 0 Å². The Labute approximate surface area is 232 Å². The fraction of sp³-hybridized carbons (Fsp3) is 0.312. The molecule has 1 aliphatic rings. The van der Waals surface area contributed by atoms with Gasteiger partial charge in [0, 0.05) is 79.2 Å². The van der Waals surface area contributed by atoms with Gasteiger partial charge in [0.05, 0.1) is 17.1 Å². The quantitative estimate of drug-likeness (QED) is 0.243. The van der Waals surface area contributed by atoms with Crippen LogP contribution in [0.4, 0.5) is 28.9 Å². The van der Waals surface area contributed by atoms with Gasteiger partial charge in [0.1, 0.15) is 23.1 Å². The van der Waals surface area contributed by atoms with E-state index in [-0.39, 0.29) is 22.5 Å². The number of hydrogen-bond donors (Lipinski definition) is 0. The minimum Gasteiger partial charge on any atom is -0.378 e. The summed E-state index contributed by atoms with van der Waals surface area (Å²) in [7, 11) is 7.49. The van der Waals surface area contributed by atoms with Gasteiger partial charge in [-0.05, 0) is 55.8 Å². The molecular weight excluding hydrogens is 516 g/mol. The van der Waals surface area contributed by atoms with E-state index >= 15 is 17.6 Å². The van der Waals surface area contributed by atoms with Gasteiger partial charge < -0.3 is 9.80 Å². The Morgan fingerprint density at radius 3 is 1.88 bits per heavy atom. The minimum absolute atomic E-state index is 0.0190. The van der Waals surface area contributed by atoms with Crippen LogP contribution in [-0.2, 0) is 10.8 Å². The Balaban J connectivity index is 1.99. The van der Waals surface area contributed by atoms with E-state index < -0.39 is 34.1 Å². The number of benzene rings is 2. The molecule has 0 amide bonds. The Hall–Kier alpha value is -3.94. The van der Waals surface area contributed by atoms with Crippen LogP contribution in [0.15, 0.2) is 48.5 Å². The molecule has 8 heteroatoms. The van der Waals surface area contributed by atoms with Gasteiger partial charge in [0.15, 0.2) is 5.82 Å². The van der Waals surface area contributed by atoms with Gasteiger partial charge in [-0.25, -0.2) is 22.5 Å². The number of fused-ring (bicyclic) bond motifs is 10. The third kappa shape index (κ3) is 4.39. The lowest BCUT2D eigenvalue weighted by molar-refractivity contribution is 0.486. The molecular formula is C32H32F4N4. The van der Waals surface area contributed by atoms with Crippen LogP contribution >= 0.6 is 0 Å². The van der Waals surface area contributed by atoms with Crippen molar-refractivity contribution in [1.29, 1.82) is 0 Å². The van der Waals surface area contributed by atoms with E-state index in [1.54, 1.807) is 26.0 Å². The standard InChI is InChI=1S/C32H32F4N4/c1-31(2)18-9-17(10-19(11-18)39(5)6)29-25(35)16-26(36)30(38-29)32(3,4)22-14-21(23(33)15-24(22)34)27-12-20(40(7)8)13-28(31)37-27/h9-16H,1-8H3. The number of halogens is 4. The fourth-order valence-electron chi connectivity index (χ4n) is 5.21. The van der Waals surface area contributed by atoms with E-state index in [4.69, 9.17) is 4.98 Å². The highest BCUT2D eigenvalue weighted by atomic mass is 19.1. The summed E-state index contributed by atoms with van der Waals surface area (Å²) in [5.41, 5.74) is 1.56. The van der Waals surface area contributed by atoms with E-state index in [0.717, 1.165) is 29.1 Å². The number of anilines is 2. The van der Waals surface area contributed by atoms with Crippen LogP contribution in [0.3, 0.4) is 0 Å². The lowest BCUT2D eigenvalue weighted by Gasteiger charge is -2.30. The first-order valence-electron chi connectivity index (χ1n) is 13.0. The van der Waals surface area contributed by atoms with Crippen LogP contribution < -0.4 is 9.80 Å². The molecule has 0 unspecified atom stereocenters. The summed E-state index contributed by atoms with van der Waals surface area (Å²) in [5.74, 6) is -3.39. The van der Waals surface area contributed by atoms with Gasteiger partial charge >= 0.3 is 0 Å². The van der Waals surface area contributed by atoms with Gasteiger partial charge in [0.2, 0.25) is 0 Å². The summed E-state index contributed by atoms with van der Waals surface area (Å²) in [5, 5.41) is 0. The van der Waals surface area contributed by atoms with E-state index in [1.165, 1.54) is 6.07 Å². The zero-order valence-electron chi connectivity index (χ0n) is 23.9. The monoisotopic (exact) mass is 548 g/mol. The van der Waals surface area contributed by atoms with Crippen LogP contribution in [0.5, 0.6) is 0 Å². The highest BCUT2D eigenvalue weighted by molar-refractivity contribution is 5.71. The number of pyridine rings is 2. The van der Waals surface area contributed by atoms with Crippen molar-refractivity contribution in [2.45, 2.75) is 38.5 Å². The van der Waals surface area contributed by atoms with E-state index in [2.05, 4.69) is 4.98 Å². The second-order valence-corrected chi connectivity index (χ2v) is 11.9. The fourth-order valence-corrected chi connectivity index (χ4v) is 5.21. The zero-order valence-corrected chi connectivity index (χ0v) is 23.9. The third-order valence-electron chi connectivity index (χ3n) is 7.92. The molecule has 0 fully saturated rings. The molecule has 4 nitrogen and oxygen atoms in total. The molecule has 2 aromatic carbocycles.